The van der Waals surface area contributed by atoms with Gasteiger partial charge in [-0.25, -0.2) is 4.79 Å². The number of hydrogen-bond donors (Lipinski definition) is 1. The fourth-order valence-corrected chi connectivity index (χ4v) is 3.39. The highest BCUT2D eigenvalue weighted by molar-refractivity contribution is 5.88. The summed E-state index contributed by atoms with van der Waals surface area (Å²) in [6.07, 6.45) is 3.33. The molecule has 1 saturated heterocycles. The summed E-state index contributed by atoms with van der Waals surface area (Å²) in [5.74, 6) is -0.684. The zero-order chi connectivity index (χ0) is 13.6. The molecule has 1 atom stereocenters. The number of aryl methyl sites for hydroxylation is 1. The maximum absolute atomic E-state index is 12.3. The third-order valence-corrected chi connectivity index (χ3v) is 4.58. The van der Waals surface area contributed by atoms with Gasteiger partial charge in [0, 0.05) is 13.6 Å². The van der Waals surface area contributed by atoms with Crippen LogP contribution in [0.3, 0.4) is 0 Å². The molecule has 1 aromatic rings. The van der Waals surface area contributed by atoms with E-state index in [0.717, 1.165) is 31.4 Å². The molecule has 2 aliphatic rings. The Hall–Kier alpha value is -1.84. The van der Waals surface area contributed by atoms with Crippen molar-refractivity contribution < 1.29 is 14.7 Å². The van der Waals surface area contributed by atoms with Gasteiger partial charge < -0.3 is 10.0 Å². The van der Waals surface area contributed by atoms with Gasteiger partial charge in [0.05, 0.1) is 11.0 Å². The second kappa shape index (κ2) is 4.08. The lowest BCUT2D eigenvalue weighted by atomic mass is 9.70. The van der Waals surface area contributed by atoms with Crippen molar-refractivity contribution in [2.24, 2.45) is 5.41 Å². The molecule has 1 aliphatic heterocycles. The molecule has 0 saturated carbocycles. The number of carbonyl (C=O) groups excluding carboxylic acids is 1. The number of carbonyl (C=O) groups is 2. The zero-order valence-electron chi connectivity index (χ0n) is 11.0. The fraction of sp³-hybridized carbons (Fsp3) is 0.467. The predicted octanol–water partition coefficient (Wildman–Crippen LogP) is 1.72. The average molecular weight is 259 g/mol. The first-order valence-corrected chi connectivity index (χ1v) is 6.62. The molecular formula is C15H17NO3. The van der Waals surface area contributed by atoms with Gasteiger partial charge in [-0.15, -0.1) is 0 Å². The van der Waals surface area contributed by atoms with E-state index in [0.29, 0.717) is 12.0 Å². The van der Waals surface area contributed by atoms with E-state index in [1.807, 2.05) is 13.1 Å². The summed E-state index contributed by atoms with van der Waals surface area (Å²) in [6, 6.07) is 5.29. The summed E-state index contributed by atoms with van der Waals surface area (Å²) in [6.45, 7) is 0.812. The van der Waals surface area contributed by atoms with Gasteiger partial charge in [0.1, 0.15) is 0 Å². The zero-order valence-corrected chi connectivity index (χ0v) is 11.0. The Kier molecular flexibility index (Phi) is 2.62. The van der Waals surface area contributed by atoms with Crippen LogP contribution in [0.1, 0.15) is 34.3 Å². The molecule has 3 rings (SSSR count). The van der Waals surface area contributed by atoms with Crippen LogP contribution in [0.4, 0.5) is 0 Å². The predicted molar refractivity (Wildman–Crippen MR) is 70.1 cm³/mol. The van der Waals surface area contributed by atoms with Crippen LogP contribution in [0.5, 0.6) is 0 Å². The summed E-state index contributed by atoms with van der Waals surface area (Å²) in [7, 11) is 1.85. The van der Waals surface area contributed by atoms with Crippen LogP contribution in [-0.2, 0) is 17.6 Å². The van der Waals surface area contributed by atoms with Crippen LogP contribution in [0.15, 0.2) is 18.2 Å². The molecule has 1 spiro atoms. The van der Waals surface area contributed by atoms with E-state index in [9.17, 15) is 9.59 Å². The molecule has 0 aromatic heterocycles. The number of likely N-dealkylation sites (tertiary alicyclic amines) is 1. The Labute approximate surface area is 112 Å². The van der Waals surface area contributed by atoms with Crippen molar-refractivity contribution >= 4 is 11.9 Å². The summed E-state index contributed by atoms with van der Waals surface area (Å²) < 4.78 is 0. The van der Waals surface area contributed by atoms with Gasteiger partial charge in [-0.3, -0.25) is 4.79 Å². The van der Waals surface area contributed by atoms with Crippen molar-refractivity contribution in [2.45, 2.75) is 25.7 Å². The Morgan fingerprint density at radius 3 is 2.74 bits per heavy atom. The number of aromatic carboxylic acids is 1. The van der Waals surface area contributed by atoms with Gasteiger partial charge in [0.15, 0.2) is 0 Å². The van der Waals surface area contributed by atoms with Crippen molar-refractivity contribution in [3.05, 3.63) is 34.9 Å². The highest BCUT2D eigenvalue weighted by Gasteiger charge is 2.46. The highest BCUT2D eigenvalue weighted by Crippen LogP contribution is 2.43. The second-order valence-corrected chi connectivity index (χ2v) is 5.72. The van der Waals surface area contributed by atoms with E-state index < -0.39 is 5.97 Å². The van der Waals surface area contributed by atoms with E-state index in [4.69, 9.17) is 5.11 Å². The minimum absolute atomic E-state index is 0.221. The first-order chi connectivity index (χ1) is 9.02. The Balaban J connectivity index is 1.97. The smallest absolute Gasteiger partial charge is 0.335 e. The molecule has 1 aromatic carbocycles. The molecule has 0 radical (unpaired) electrons. The number of fused-ring (bicyclic) bond motifs is 1. The number of carboxylic acids is 1. The van der Waals surface area contributed by atoms with Gasteiger partial charge in [0.2, 0.25) is 5.91 Å². The van der Waals surface area contributed by atoms with Crippen molar-refractivity contribution in [1.29, 1.82) is 0 Å². The number of nitrogens with zero attached hydrogens (tertiary/aromatic N) is 1. The van der Waals surface area contributed by atoms with E-state index in [1.165, 1.54) is 5.56 Å². The van der Waals surface area contributed by atoms with Crippen LogP contribution in [0, 0.1) is 5.41 Å². The van der Waals surface area contributed by atoms with Crippen molar-refractivity contribution in [3.63, 3.8) is 0 Å². The molecular weight excluding hydrogens is 242 g/mol. The lowest BCUT2D eigenvalue weighted by Gasteiger charge is -2.33. The van der Waals surface area contributed by atoms with Gasteiger partial charge in [-0.2, -0.15) is 0 Å². The monoisotopic (exact) mass is 259 g/mol. The van der Waals surface area contributed by atoms with E-state index in [1.54, 1.807) is 17.0 Å². The first kappa shape index (κ1) is 12.2. The van der Waals surface area contributed by atoms with E-state index >= 15 is 0 Å². The molecule has 19 heavy (non-hydrogen) atoms. The van der Waals surface area contributed by atoms with Gasteiger partial charge in [-0.1, -0.05) is 6.07 Å². The molecule has 0 bridgehead atoms. The fourth-order valence-electron chi connectivity index (χ4n) is 3.39. The number of amides is 1. The summed E-state index contributed by atoms with van der Waals surface area (Å²) >= 11 is 0. The van der Waals surface area contributed by atoms with E-state index in [-0.39, 0.29) is 11.3 Å². The van der Waals surface area contributed by atoms with Crippen molar-refractivity contribution in [1.82, 2.24) is 4.90 Å². The summed E-state index contributed by atoms with van der Waals surface area (Å²) in [5, 5.41) is 9.06. The molecule has 4 nitrogen and oxygen atoms in total. The van der Waals surface area contributed by atoms with Crippen molar-refractivity contribution in [3.8, 4) is 0 Å². The third kappa shape index (κ3) is 1.82. The lowest BCUT2D eigenvalue weighted by molar-refractivity contribution is -0.135. The maximum atomic E-state index is 12.3. The summed E-state index contributed by atoms with van der Waals surface area (Å²) in [4.78, 5) is 25.2. The molecule has 1 heterocycles. The number of carboxylic acid groups (broad SMARTS) is 1. The molecule has 1 N–H and O–H groups in total. The van der Waals surface area contributed by atoms with Crippen LogP contribution in [-0.4, -0.2) is 35.5 Å². The van der Waals surface area contributed by atoms with Crippen LogP contribution in [0.25, 0.3) is 0 Å². The van der Waals surface area contributed by atoms with Crippen LogP contribution in [0.2, 0.25) is 0 Å². The van der Waals surface area contributed by atoms with Gasteiger partial charge >= 0.3 is 5.97 Å². The SMILES string of the molecule is CN1CC[C@@]2(CCc3ccc(C(=O)O)cc3C2)C1=O. The second-order valence-electron chi connectivity index (χ2n) is 5.72. The summed E-state index contributed by atoms with van der Waals surface area (Å²) in [5.41, 5.74) is 2.26. The van der Waals surface area contributed by atoms with Gasteiger partial charge in [-0.05, 0) is 48.9 Å². The maximum Gasteiger partial charge on any atom is 0.335 e. The quantitative estimate of drug-likeness (QED) is 0.835. The first-order valence-electron chi connectivity index (χ1n) is 6.62. The molecule has 0 unspecified atom stereocenters. The third-order valence-electron chi connectivity index (χ3n) is 4.58. The average Bonchev–Trinajstić information content (AvgIpc) is 2.67. The standard InChI is InChI=1S/C15H17NO3/c1-16-7-6-15(14(16)19)5-4-10-2-3-11(13(17)18)8-12(10)9-15/h2-3,8H,4-7,9H2,1H3,(H,17,18)/t15-/m1/s1. The number of hydrogen-bond acceptors (Lipinski definition) is 2. The largest absolute Gasteiger partial charge is 0.478 e. The molecule has 1 amide bonds. The van der Waals surface area contributed by atoms with Crippen LogP contribution < -0.4 is 0 Å². The molecule has 1 fully saturated rings. The molecule has 1 aliphatic carbocycles. The normalized spacial score (nSPS) is 25.7. The lowest BCUT2D eigenvalue weighted by Crippen LogP contribution is -2.37. The van der Waals surface area contributed by atoms with Crippen LogP contribution >= 0.6 is 0 Å². The minimum Gasteiger partial charge on any atom is -0.478 e. The number of benzene rings is 1. The minimum atomic E-state index is -0.905. The Bertz CT molecular complexity index is 567. The Morgan fingerprint density at radius 2 is 2.11 bits per heavy atom. The molecule has 4 heteroatoms. The number of rotatable bonds is 1. The van der Waals surface area contributed by atoms with Crippen molar-refractivity contribution in [2.75, 3.05) is 13.6 Å². The topological polar surface area (TPSA) is 57.6 Å². The molecule has 100 valence electrons. The van der Waals surface area contributed by atoms with Gasteiger partial charge in [0.25, 0.3) is 0 Å². The highest BCUT2D eigenvalue weighted by atomic mass is 16.4. The van der Waals surface area contributed by atoms with E-state index in [2.05, 4.69) is 0 Å². The Morgan fingerprint density at radius 1 is 1.32 bits per heavy atom.